The Morgan fingerprint density at radius 2 is 2.00 bits per heavy atom. The van der Waals surface area contributed by atoms with Crippen molar-refractivity contribution in [3.05, 3.63) is 47.9 Å². The number of rotatable bonds is 5. The molecule has 0 aromatic heterocycles. The molecule has 0 aliphatic rings. The van der Waals surface area contributed by atoms with Crippen LogP contribution in [0.1, 0.15) is 30.6 Å². The Hall–Kier alpha value is -1.77. The molecule has 0 saturated heterocycles. The van der Waals surface area contributed by atoms with Crippen molar-refractivity contribution < 1.29 is 13.8 Å². The summed E-state index contributed by atoms with van der Waals surface area (Å²) in [5.41, 5.74) is 0.533. The lowest BCUT2D eigenvalue weighted by Crippen LogP contribution is -2.17. The first-order chi connectivity index (χ1) is 8.17. The predicted molar refractivity (Wildman–Crippen MR) is 67.0 cm³/mol. The molecule has 1 aromatic carbocycles. The normalized spacial score (nSPS) is 12.1. The largest absolute Gasteiger partial charge is 0.287 e. The summed E-state index contributed by atoms with van der Waals surface area (Å²) in [4.78, 5) is 11.9. The molecule has 0 fully saturated rings. The van der Waals surface area contributed by atoms with Gasteiger partial charge in [0.25, 0.3) is 0 Å². The summed E-state index contributed by atoms with van der Waals surface area (Å²) in [5.74, 6) is -0.347. The molecule has 0 N–H and O–H groups in total. The van der Waals surface area contributed by atoms with E-state index in [2.05, 4.69) is 0 Å². The quantitative estimate of drug-likeness (QED) is 0.435. The third-order valence-electron chi connectivity index (χ3n) is 2.25. The minimum absolute atomic E-state index is 0.0206. The Labute approximate surface area is 101 Å². The fraction of sp³-hybridized carbons (Fsp3) is 0.286. The molecule has 1 aromatic rings. The monoisotopic (exact) mass is 234 g/mol. The number of benzene rings is 1. The van der Waals surface area contributed by atoms with Crippen molar-refractivity contribution in [1.82, 2.24) is 0 Å². The Morgan fingerprint density at radius 3 is 2.53 bits per heavy atom. The van der Waals surface area contributed by atoms with Gasteiger partial charge in [-0.1, -0.05) is 6.92 Å². The minimum atomic E-state index is -0.327. The molecule has 0 aliphatic carbocycles. The molecule has 0 radical (unpaired) electrons. The van der Waals surface area contributed by atoms with Crippen LogP contribution in [0.4, 0.5) is 4.39 Å². The number of allylic oxidation sites excluding steroid dienone is 1. The lowest BCUT2D eigenvalue weighted by atomic mass is 10.1. The standard InChI is InChI=1S/C14H17FNO/c1-3-9-16(10-4-2)11-14(17)12-5-7-13(15)8-6-12/h3,5-10H,4,11H2,1-2H3/q+1/b9-3-,16-10?. The number of nitrogens with zero attached hydrogens (tertiary/aromatic N) is 1. The third-order valence-corrected chi connectivity index (χ3v) is 2.25. The topological polar surface area (TPSA) is 20.1 Å². The molecule has 3 heteroatoms. The zero-order valence-electron chi connectivity index (χ0n) is 10.2. The molecular formula is C14H17FNO+. The lowest BCUT2D eigenvalue weighted by Gasteiger charge is -1.99. The summed E-state index contributed by atoms with van der Waals surface area (Å²) < 4.78 is 14.6. The van der Waals surface area contributed by atoms with E-state index in [1.54, 1.807) is 0 Å². The molecule has 2 nitrogen and oxygen atoms in total. The van der Waals surface area contributed by atoms with Crippen LogP contribution in [0.25, 0.3) is 0 Å². The van der Waals surface area contributed by atoms with Gasteiger partial charge in [0.05, 0.1) is 0 Å². The zero-order valence-corrected chi connectivity index (χ0v) is 10.2. The molecule has 1 rings (SSSR count). The summed E-state index contributed by atoms with van der Waals surface area (Å²) in [6.45, 7) is 4.20. The van der Waals surface area contributed by atoms with Crippen LogP contribution in [0.5, 0.6) is 0 Å². The van der Waals surface area contributed by atoms with Crippen molar-refractivity contribution in [1.29, 1.82) is 0 Å². The van der Waals surface area contributed by atoms with E-state index in [0.29, 0.717) is 5.56 Å². The summed E-state index contributed by atoms with van der Waals surface area (Å²) >= 11 is 0. The highest BCUT2D eigenvalue weighted by molar-refractivity contribution is 5.97. The fourth-order valence-electron chi connectivity index (χ4n) is 1.50. The van der Waals surface area contributed by atoms with Crippen molar-refractivity contribution in [2.75, 3.05) is 6.54 Å². The first kappa shape index (κ1) is 13.3. The summed E-state index contributed by atoms with van der Waals surface area (Å²) in [6, 6.07) is 5.63. The van der Waals surface area contributed by atoms with Crippen LogP contribution < -0.4 is 0 Å². The smallest absolute Gasteiger partial charge is 0.227 e. The SMILES string of the molecule is C/C=C\[N+](=CCC)CC(=O)c1ccc(F)cc1. The Morgan fingerprint density at radius 1 is 1.35 bits per heavy atom. The Balaban J connectivity index is 2.77. The molecule has 0 saturated carbocycles. The molecule has 0 spiro atoms. The van der Waals surface area contributed by atoms with Crippen LogP contribution >= 0.6 is 0 Å². The zero-order chi connectivity index (χ0) is 12.7. The van der Waals surface area contributed by atoms with Crippen LogP contribution in [0.15, 0.2) is 36.5 Å². The van der Waals surface area contributed by atoms with E-state index in [0.717, 1.165) is 6.42 Å². The second-order valence-electron chi connectivity index (χ2n) is 3.68. The lowest BCUT2D eigenvalue weighted by molar-refractivity contribution is -0.438. The van der Waals surface area contributed by atoms with Crippen LogP contribution in [-0.2, 0) is 0 Å². The van der Waals surface area contributed by atoms with E-state index >= 15 is 0 Å². The van der Waals surface area contributed by atoms with E-state index in [9.17, 15) is 9.18 Å². The maximum absolute atomic E-state index is 12.7. The second kappa shape index (κ2) is 6.74. The van der Waals surface area contributed by atoms with Crippen LogP contribution in [0.2, 0.25) is 0 Å². The van der Waals surface area contributed by atoms with Gasteiger partial charge >= 0.3 is 0 Å². The van der Waals surface area contributed by atoms with Crippen LogP contribution in [0, 0.1) is 5.82 Å². The van der Waals surface area contributed by atoms with Crippen molar-refractivity contribution in [3.8, 4) is 0 Å². The van der Waals surface area contributed by atoms with Gasteiger partial charge in [0.2, 0.25) is 12.3 Å². The average Bonchev–Trinajstić information content (AvgIpc) is 2.30. The summed E-state index contributed by atoms with van der Waals surface area (Å²) in [7, 11) is 0. The van der Waals surface area contributed by atoms with E-state index in [1.165, 1.54) is 24.3 Å². The van der Waals surface area contributed by atoms with Gasteiger partial charge < -0.3 is 0 Å². The van der Waals surface area contributed by atoms with Crippen LogP contribution in [0.3, 0.4) is 0 Å². The summed E-state index contributed by atoms with van der Waals surface area (Å²) in [6.07, 6.45) is 6.54. The van der Waals surface area contributed by atoms with E-state index < -0.39 is 0 Å². The van der Waals surface area contributed by atoms with Crippen molar-refractivity contribution >= 4 is 12.0 Å². The van der Waals surface area contributed by atoms with E-state index in [1.807, 2.05) is 36.9 Å². The first-order valence-corrected chi connectivity index (χ1v) is 5.68. The highest BCUT2D eigenvalue weighted by atomic mass is 19.1. The highest BCUT2D eigenvalue weighted by Gasteiger charge is 2.11. The summed E-state index contributed by atoms with van der Waals surface area (Å²) in [5, 5.41) is 0. The molecule has 17 heavy (non-hydrogen) atoms. The van der Waals surface area contributed by atoms with Crippen molar-refractivity contribution in [2.24, 2.45) is 0 Å². The van der Waals surface area contributed by atoms with Gasteiger partial charge in [-0.3, -0.25) is 4.79 Å². The highest BCUT2D eigenvalue weighted by Crippen LogP contribution is 2.04. The number of carbonyl (C=O) groups excluding carboxylic acids is 1. The minimum Gasteiger partial charge on any atom is -0.287 e. The third kappa shape index (κ3) is 4.31. The average molecular weight is 234 g/mol. The van der Waals surface area contributed by atoms with Crippen molar-refractivity contribution in [2.45, 2.75) is 20.3 Å². The number of hydrogen-bond donors (Lipinski definition) is 0. The Bertz CT molecular complexity index is 432. The number of ketones is 1. The number of Topliss-reactive ketones (excluding diaryl/α,β-unsaturated/α-hetero) is 1. The van der Waals surface area contributed by atoms with Gasteiger partial charge in [-0.15, -0.1) is 0 Å². The maximum Gasteiger partial charge on any atom is 0.227 e. The van der Waals surface area contributed by atoms with Gasteiger partial charge in [0.1, 0.15) is 12.0 Å². The number of halogens is 1. The molecule has 0 atom stereocenters. The van der Waals surface area contributed by atoms with Gasteiger partial charge in [-0.25, -0.2) is 8.97 Å². The van der Waals surface area contributed by atoms with Crippen molar-refractivity contribution in [3.63, 3.8) is 0 Å². The van der Waals surface area contributed by atoms with E-state index in [-0.39, 0.29) is 18.1 Å². The van der Waals surface area contributed by atoms with Gasteiger partial charge in [-0.2, -0.15) is 0 Å². The molecular weight excluding hydrogens is 217 g/mol. The maximum atomic E-state index is 12.7. The predicted octanol–water partition coefficient (Wildman–Crippen LogP) is 3.04. The molecule has 0 bridgehead atoms. The van der Waals surface area contributed by atoms with E-state index in [4.69, 9.17) is 0 Å². The fourth-order valence-corrected chi connectivity index (χ4v) is 1.50. The molecule has 0 unspecified atom stereocenters. The molecule has 0 aliphatic heterocycles. The first-order valence-electron chi connectivity index (χ1n) is 5.68. The number of hydrogen-bond acceptors (Lipinski definition) is 1. The van der Waals surface area contributed by atoms with Gasteiger partial charge in [0.15, 0.2) is 6.20 Å². The molecule has 90 valence electrons. The van der Waals surface area contributed by atoms with Gasteiger partial charge in [0, 0.05) is 12.0 Å². The number of carbonyl (C=O) groups is 1. The second-order valence-corrected chi connectivity index (χ2v) is 3.68. The molecule has 0 heterocycles. The molecule has 0 amide bonds. The Kier molecular flexibility index (Phi) is 5.27. The van der Waals surface area contributed by atoms with Crippen LogP contribution in [-0.4, -0.2) is 23.1 Å². The van der Waals surface area contributed by atoms with Gasteiger partial charge in [-0.05, 0) is 37.3 Å².